The Labute approximate surface area is 418 Å². The van der Waals surface area contributed by atoms with Gasteiger partial charge in [0.05, 0.1) is 54.9 Å². The van der Waals surface area contributed by atoms with Crippen LogP contribution < -0.4 is 0 Å². The minimum absolute atomic E-state index is 0.0833. The number of rotatable bonds is 9. The van der Waals surface area contributed by atoms with Crippen LogP contribution >= 0.6 is 0 Å². The predicted molar refractivity (Wildman–Crippen MR) is 263 cm³/mol. The molecule has 4 unspecified atom stereocenters. The Morgan fingerprint density at radius 2 is 1.46 bits per heavy atom. The zero-order valence-corrected chi connectivity index (χ0v) is 43.9. The predicted octanol–water partition coefficient (Wildman–Crippen LogP) is 4.60. The Balaban J connectivity index is 1.77. The number of hydrogen-bond acceptors (Lipinski definition) is 16. The monoisotopic (exact) mass is 999 g/mol. The van der Waals surface area contributed by atoms with E-state index in [1.165, 1.54) is 19.1 Å². The van der Waals surface area contributed by atoms with Gasteiger partial charge in [0.25, 0.3) is 0 Å². The molecule has 0 aromatic heterocycles. The summed E-state index contributed by atoms with van der Waals surface area (Å²) in [5.74, 6) is -5.18. The lowest BCUT2D eigenvalue weighted by Crippen LogP contribution is -2.63. The zero-order chi connectivity index (χ0) is 52.4. The molecule has 10 N–H and O–H groups in total. The normalized spacial score (nSPS) is 47.4. The van der Waals surface area contributed by atoms with Crippen molar-refractivity contribution in [3.05, 3.63) is 36.5 Å². The third-order valence-electron chi connectivity index (χ3n) is 16.5. The van der Waals surface area contributed by atoms with Crippen LogP contribution in [0.3, 0.4) is 0 Å². The van der Waals surface area contributed by atoms with Gasteiger partial charge in [-0.2, -0.15) is 0 Å². The molecule has 3 fully saturated rings. The van der Waals surface area contributed by atoms with E-state index in [1.807, 2.05) is 52.0 Å². The average molecular weight is 999 g/mol. The summed E-state index contributed by atoms with van der Waals surface area (Å²) >= 11 is 0. The van der Waals surface area contributed by atoms with Crippen LogP contribution in [0.25, 0.3) is 0 Å². The Kier molecular flexibility index (Phi) is 23.5. The lowest BCUT2D eigenvalue weighted by atomic mass is 9.73. The summed E-state index contributed by atoms with van der Waals surface area (Å²) in [4.78, 5) is 13.9. The first-order chi connectivity index (χ1) is 32.8. The molecule has 406 valence electrons. The van der Waals surface area contributed by atoms with Crippen molar-refractivity contribution in [1.29, 1.82) is 0 Å². The third kappa shape index (κ3) is 14.9. The molecule has 16 heteroatoms. The summed E-state index contributed by atoms with van der Waals surface area (Å²) in [6.07, 6.45) is -3.50. The first-order valence-corrected chi connectivity index (χ1v) is 26.6. The molecule has 0 aromatic rings. The Morgan fingerprint density at radius 3 is 2.09 bits per heavy atom. The molecule has 4 aliphatic rings. The van der Waals surface area contributed by atoms with Crippen molar-refractivity contribution in [3.8, 4) is 0 Å². The maximum atomic E-state index is 13.9. The number of aliphatic hydroxyl groups is 10. The van der Waals surface area contributed by atoms with Crippen LogP contribution in [0.4, 0.5) is 0 Å². The Hall–Kier alpha value is -1.87. The number of allylic oxidation sites excluding steroid dienone is 4. The highest BCUT2D eigenvalue weighted by Gasteiger charge is 2.57. The molecule has 0 radical (unpaired) electrons. The molecule has 2 bridgehead atoms. The SMILES string of the molecule is CCC[C@@]1(O)C(O)[C@@H](O)[C@H](O)[C@@H](O[C@H]2CC[C@H](O)[C@@H](C)O2)C(O)[C@@H](C)[C@H](O)[C@@H](C)/C=C/C(=O)O[C@@H]2[C@H](C)[C@H](CC[C@@H](CC(C)O)/C=C/C=C/C[C@@H](C)[C@@H]1O)O[C@]1(CC[C@H](C)[C@H](C(C)[C@H](O)CC)O1)[C@H]2C. The first-order valence-electron chi connectivity index (χ1n) is 26.6. The molecular formula is C54H94O16. The molecule has 25 atom stereocenters. The lowest BCUT2D eigenvalue weighted by molar-refractivity contribution is -0.376. The maximum Gasteiger partial charge on any atom is 0.330 e. The van der Waals surface area contributed by atoms with Crippen molar-refractivity contribution in [2.75, 3.05) is 0 Å². The number of fused-ring (bicyclic) bond motifs is 2. The highest BCUT2D eigenvalue weighted by atomic mass is 16.7. The summed E-state index contributed by atoms with van der Waals surface area (Å²) in [6.45, 7) is 20.0. The van der Waals surface area contributed by atoms with Crippen LogP contribution in [0.1, 0.15) is 147 Å². The van der Waals surface area contributed by atoms with Crippen molar-refractivity contribution in [2.24, 2.45) is 47.3 Å². The molecule has 16 nitrogen and oxygen atoms in total. The zero-order valence-electron chi connectivity index (χ0n) is 43.9. The second kappa shape index (κ2) is 27.1. The molecule has 0 aliphatic carbocycles. The quantitative estimate of drug-likeness (QED) is 0.142. The van der Waals surface area contributed by atoms with Crippen LogP contribution in [0.2, 0.25) is 0 Å². The number of esters is 1. The molecular weight excluding hydrogens is 905 g/mol. The summed E-state index contributed by atoms with van der Waals surface area (Å²) in [5, 5.41) is 115. The number of ether oxygens (including phenoxy) is 5. The van der Waals surface area contributed by atoms with Gasteiger partial charge in [0.15, 0.2) is 12.1 Å². The van der Waals surface area contributed by atoms with Gasteiger partial charge in [-0.15, -0.1) is 0 Å². The van der Waals surface area contributed by atoms with E-state index in [-0.39, 0.29) is 61.9 Å². The van der Waals surface area contributed by atoms with Crippen molar-refractivity contribution in [3.63, 3.8) is 0 Å². The lowest BCUT2D eigenvalue weighted by Gasteiger charge is -2.56. The molecule has 4 rings (SSSR count). The summed E-state index contributed by atoms with van der Waals surface area (Å²) in [7, 11) is 0. The van der Waals surface area contributed by atoms with Crippen LogP contribution in [0, 0.1) is 47.3 Å². The minimum atomic E-state index is -2.33. The van der Waals surface area contributed by atoms with Gasteiger partial charge in [0, 0.05) is 48.5 Å². The van der Waals surface area contributed by atoms with Crippen LogP contribution in [0.5, 0.6) is 0 Å². The molecule has 1 spiro atoms. The van der Waals surface area contributed by atoms with Gasteiger partial charge < -0.3 is 74.7 Å². The van der Waals surface area contributed by atoms with Gasteiger partial charge in [-0.25, -0.2) is 4.79 Å². The summed E-state index contributed by atoms with van der Waals surface area (Å²) in [5.41, 5.74) is -2.33. The van der Waals surface area contributed by atoms with E-state index in [2.05, 4.69) is 6.92 Å². The highest BCUT2D eigenvalue weighted by molar-refractivity contribution is 5.82. The Morgan fingerprint density at radius 1 is 0.771 bits per heavy atom. The van der Waals surface area contributed by atoms with Gasteiger partial charge in [-0.1, -0.05) is 99.1 Å². The topological polar surface area (TPSA) is 266 Å². The van der Waals surface area contributed by atoms with Crippen molar-refractivity contribution in [2.45, 2.75) is 250 Å². The van der Waals surface area contributed by atoms with Gasteiger partial charge in [0.2, 0.25) is 0 Å². The molecule has 0 amide bonds. The molecule has 0 aromatic carbocycles. The van der Waals surface area contributed by atoms with Crippen molar-refractivity contribution in [1.82, 2.24) is 0 Å². The highest BCUT2D eigenvalue weighted by Crippen LogP contribution is 2.50. The standard InChI is InChI=1S/C54H94O16/c1-12-26-53(65)51(63)31(5)17-15-14-16-18-38(28-32(6)55)20-22-41-34(8)49(36(10)54(69-41)27-25-30(4)48(70-54)33(7)39(56)13-2)67-42(58)23-19-29(3)44(59)35(9)45(60)50(46(61)47(62)52(53)64)68-43-24-21-40(57)37(11)66-43/h14-16,18-19,23,29-41,43-52,55-57,59-65H,12-13,17,20-22,24-28H2,1-11H3/b15-14+,18-16+,23-19+/t29-,30-,31+,32?,33?,34+,35-,36-,37+,38-,39+,40-,41-,43-,44+,45?,46-,47-,48+,49+,50-,51-,52?,53-,54-/m0/s1. The largest absolute Gasteiger partial charge is 0.458 e. The smallest absolute Gasteiger partial charge is 0.330 e. The number of aliphatic hydroxyl groups excluding tert-OH is 9. The van der Waals surface area contributed by atoms with Crippen LogP contribution in [-0.2, 0) is 28.5 Å². The van der Waals surface area contributed by atoms with Crippen LogP contribution in [0.15, 0.2) is 36.5 Å². The molecule has 4 aliphatic heterocycles. The molecule has 70 heavy (non-hydrogen) atoms. The minimum Gasteiger partial charge on any atom is -0.458 e. The number of hydrogen-bond donors (Lipinski definition) is 10. The van der Waals surface area contributed by atoms with Gasteiger partial charge in [-0.3, -0.25) is 0 Å². The van der Waals surface area contributed by atoms with Crippen LogP contribution in [-0.4, -0.2) is 160 Å². The third-order valence-corrected chi connectivity index (χ3v) is 16.5. The fraction of sp³-hybridized carbons (Fsp3) is 0.870. The van der Waals surface area contributed by atoms with E-state index in [9.17, 15) is 55.9 Å². The molecule has 4 heterocycles. The van der Waals surface area contributed by atoms with Crippen molar-refractivity contribution >= 4 is 5.97 Å². The average Bonchev–Trinajstić information content (AvgIpc) is 3.33. The summed E-state index contributed by atoms with van der Waals surface area (Å²) < 4.78 is 32.4. The first kappa shape index (κ1) is 60.7. The number of carbonyl (C=O) groups is 1. The maximum absolute atomic E-state index is 13.9. The van der Waals surface area contributed by atoms with E-state index in [1.54, 1.807) is 34.6 Å². The van der Waals surface area contributed by atoms with E-state index in [0.29, 0.717) is 32.1 Å². The van der Waals surface area contributed by atoms with E-state index >= 15 is 0 Å². The van der Waals surface area contributed by atoms with Crippen molar-refractivity contribution < 1.29 is 79.5 Å². The fourth-order valence-electron chi connectivity index (χ4n) is 11.5. The fourth-order valence-corrected chi connectivity index (χ4v) is 11.5. The van der Waals surface area contributed by atoms with E-state index in [0.717, 1.165) is 6.42 Å². The van der Waals surface area contributed by atoms with Gasteiger partial charge in [0.1, 0.15) is 36.1 Å². The number of carbonyl (C=O) groups excluding carboxylic acids is 1. The summed E-state index contributed by atoms with van der Waals surface area (Å²) in [6, 6.07) is 0. The second-order valence-electron chi connectivity index (χ2n) is 22.1. The Bertz CT molecular complexity index is 1660. The molecule has 0 saturated carbocycles. The van der Waals surface area contributed by atoms with E-state index in [4.69, 9.17) is 23.7 Å². The van der Waals surface area contributed by atoms with Gasteiger partial charge in [-0.05, 0) is 83.0 Å². The second-order valence-corrected chi connectivity index (χ2v) is 22.1. The van der Waals surface area contributed by atoms with E-state index < -0.39 is 127 Å². The molecule has 3 saturated heterocycles. The van der Waals surface area contributed by atoms with Gasteiger partial charge >= 0.3 is 5.97 Å².